The second-order valence-electron chi connectivity index (χ2n) is 4.61. The lowest BCUT2D eigenvalue weighted by molar-refractivity contribution is 0.0766. The van der Waals surface area contributed by atoms with Gasteiger partial charge in [-0.3, -0.25) is 4.79 Å². The molecule has 0 fully saturated rings. The molecule has 0 aliphatic carbocycles. The molecule has 0 saturated carbocycles. The molecule has 0 radical (unpaired) electrons. The van der Waals surface area contributed by atoms with E-state index in [9.17, 15) is 4.79 Å². The van der Waals surface area contributed by atoms with Crippen LogP contribution in [0.4, 0.5) is 0 Å². The van der Waals surface area contributed by atoms with Crippen LogP contribution < -0.4 is 4.74 Å². The van der Waals surface area contributed by atoms with Gasteiger partial charge >= 0.3 is 0 Å². The van der Waals surface area contributed by atoms with Crippen LogP contribution in [0, 0.1) is 0 Å². The number of aliphatic hydroxyl groups excluding tert-OH is 1. The van der Waals surface area contributed by atoms with Crippen molar-refractivity contribution >= 4 is 5.91 Å². The molecule has 21 heavy (non-hydrogen) atoms. The fraction of sp³-hybridized carbons (Fsp3) is 0.250. The van der Waals surface area contributed by atoms with Crippen molar-refractivity contribution in [3.05, 3.63) is 59.8 Å². The first-order valence-electron chi connectivity index (χ1n) is 6.70. The van der Waals surface area contributed by atoms with Crippen molar-refractivity contribution in [2.24, 2.45) is 0 Å². The summed E-state index contributed by atoms with van der Waals surface area (Å²) >= 11 is 0. The van der Waals surface area contributed by atoms with Gasteiger partial charge in [0.1, 0.15) is 6.61 Å². The summed E-state index contributed by atoms with van der Waals surface area (Å²) in [6.45, 7) is 0.629. The van der Waals surface area contributed by atoms with E-state index >= 15 is 0 Å². The smallest absolute Gasteiger partial charge is 0.253 e. The van der Waals surface area contributed by atoms with Gasteiger partial charge in [-0.1, -0.05) is 30.3 Å². The van der Waals surface area contributed by atoms with Crippen LogP contribution in [0.2, 0.25) is 0 Å². The number of benzene rings is 1. The number of aliphatic hydroxyl groups is 1. The Labute approximate surface area is 123 Å². The maximum Gasteiger partial charge on any atom is 0.253 e. The van der Waals surface area contributed by atoms with E-state index in [1.165, 1.54) is 4.90 Å². The Morgan fingerprint density at radius 3 is 2.76 bits per heavy atom. The van der Waals surface area contributed by atoms with E-state index < -0.39 is 0 Å². The average Bonchev–Trinajstić information content (AvgIpc) is 2.54. The summed E-state index contributed by atoms with van der Waals surface area (Å²) in [5.74, 6) is 0.234. The molecule has 110 valence electrons. The third-order valence-corrected chi connectivity index (χ3v) is 2.99. The van der Waals surface area contributed by atoms with E-state index in [4.69, 9.17) is 9.84 Å². The number of nitrogens with zero attached hydrogens (tertiary/aromatic N) is 2. The number of amides is 1. The lowest BCUT2D eigenvalue weighted by Gasteiger charge is -2.15. The molecule has 0 aliphatic rings. The molecule has 1 aromatic heterocycles. The third kappa shape index (κ3) is 4.29. The molecule has 0 aliphatic heterocycles. The maximum absolute atomic E-state index is 12.1. The SMILES string of the molecule is CN(CCO)C(=O)c1ccnc(OCc2ccccc2)c1. The molecule has 0 saturated heterocycles. The molecule has 2 rings (SSSR count). The summed E-state index contributed by atoms with van der Waals surface area (Å²) in [5, 5.41) is 8.87. The fourth-order valence-corrected chi connectivity index (χ4v) is 1.82. The summed E-state index contributed by atoms with van der Waals surface area (Å²) in [6, 6.07) is 13.0. The van der Waals surface area contributed by atoms with Crippen LogP contribution in [-0.2, 0) is 6.61 Å². The average molecular weight is 286 g/mol. The predicted molar refractivity (Wildman–Crippen MR) is 79.1 cm³/mol. The molecule has 1 N–H and O–H groups in total. The number of carbonyl (C=O) groups is 1. The summed E-state index contributed by atoms with van der Waals surface area (Å²) in [4.78, 5) is 17.6. The maximum atomic E-state index is 12.1. The third-order valence-electron chi connectivity index (χ3n) is 2.99. The number of aromatic nitrogens is 1. The van der Waals surface area contributed by atoms with Gasteiger partial charge in [0.2, 0.25) is 5.88 Å². The highest BCUT2D eigenvalue weighted by Crippen LogP contribution is 2.13. The number of hydrogen-bond acceptors (Lipinski definition) is 4. The van der Waals surface area contributed by atoms with Gasteiger partial charge in [0, 0.05) is 31.4 Å². The number of hydrogen-bond donors (Lipinski definition) is 1. The second kappa shape index (κ2) is 7.40. The summed E-state index contributed by atoms with van der Waals surface area (Å²) < 4.78 is 5.59. The molecule has 0 unspecified atom stereocenters. The summed E-state index contributed by atoms with van der Waals surface area (Å²) in [6.07, 6.45) is 1.54. The molecule has 1 aromatic carbocycles. The van der Waals surface area contributed by atoms with Crippen LogP contribution in [0.15, 0.2) is 48.7 Å². The minimum atomic E-state index is -0.170. The highest BCUT2D eigenvalue weighted by atomic mass is 16.5. The highest BCUT2D eigenvalue weighted by Gasteiger charge is 2.12. The van der Waals surface area contributed by atoms with E-state index in [0.29, 0.717) is 24.6 Å². The molecular formula is C16H18N2O3. The molecule has 1 amide bonds. The molecule has 0 atom stereocenters. The van der Waals surface area contributed by atoms with E-state index in [2.05, 4.69) is 4.98 Å². The molecule has 5 heteroatoms. The van der Waals surface area contributed by atoms with Crippen molar-refractivity contribution in [3.63, 3.8) is 0 Å². The first-order chi connectivity index (χ1) is 10.2. The predicted octanol–water partition coefficient (Wildman–Crippen LogP) is 1.72. The van der Waals surface area contributed by atoms with Crippen LogP contribution in [0.3, 0.4) is 0 Å². The Balaban J connectivity index is 2.02. The van der Waals surface area contributed by atoms with Crippen LogP contribution in [0.1, 0.15) is 15.9 Å². The summed E-state index contributed by atoms with van der Waals surface area (Å²) in [5.41, 5.74) is 1.53. The zero-order valence-electron chi connectivity index (χ0n) is 11.9. The number of rotatable bonds is 6. The van der Waals surface area contributed by atoms with Crippen molar-refractivity contribution in [1.82, 2.24) is 9.88 Å². The van der Waals surface area contributed by atoms with Gasteiger partial charge in [-0.25, -0.2) is 4.98 Å². The molecule has 1 heterocycles. The van der Waals surface area contributed by atoms with Crippen molar-refractivity contribution in [2.45, 2.75) is 6.61 Å². The Hall–Kier alpha value is -2.40. The van der Waals surface area contributed by atoms with Gasteiger partial charge in [0.05, 0.1) is 6.61 Å². The van der Waals surface area contributed by atoms with Crippen LogP contribution in [-0.4, -0.2) is 41.1 Å². The Bertz CT molecular complexity index is 587. The van der Waals surface area contributed by atoms with Crippen molar-refractivity contribution in [1.29, 1.82) is 0 Å². The minimum Gasteiger partial charge on any atom is -0.473 e. The van der Waals surface area contributed by atoms with E-state index in [1.807, 2.05) is 30.3 Å². The Morgan fingerprint density at radius 2 is 2.05 bits per heavy atom. The lowest BCUT2D eigenvalue weighted by Crippen LogP contribution is -2.29. The number of likely N-dealkylation sites (N-methyl/N-ethyl adjacent to an activating group) is 1. The number of pyridine rings is 1. The first-order valence-corrected chi connectivity index (χ1v) is 6.70. The molecule has 2 aromatic rings. The van der Waals surface area contributed by atoms with E-state index in [0.717, 1.165) is 5.56 Å². The Morgan fingerprint density at radius 1 is 1.29 bits per heavy atom. The van der Waals surface area contributed by atoms with Gasteiger partial charge < -0.3 is 14.7 Å². The van der Waals surface area contributed by atoms with Crippen LogP contribution >= 0.6 is 0 Å². The van der Waals surface area contributed by atoms with E-state index in [1.54, 1.807) is 25.4 Å². The van der Waals surface area contributed by atoms with E-state index in [-0.39, 0.29) is 12.5 Å². The second-order valence-corrected chi connectivity index (χ2v) is 4.61. The van der Waals surface area contributed by atoms with Crippen LogP contribution in [0.25, 0.3) is 0 Å². The van der Waals surface area contributed by atoms with Crippen molar-refractivity contribution in [2.75, 3.05) is 20.2 Å². The number of ether oxygens (including phenoxy) is 1. The van der Waals surface area contributed by atoms with Gasteiger partial charge in [-0.2, -0.15) is 0 Å². The first kappa shape index (κ1) is 15.0. The monoisotopic (exact) mass is 286 g/mol. The minimum absolute atomic E-state index is 0.0648. The Kier molecular flexibility index (Phi) is 5.29. The van der Waals surface area contributed by atoms with Crippen molar-refractivity contribution < 1.29 is 14.6 Å². The zero-order chi connectivity index (χ0) is 15.1. The van der Waals surface area contributed by atoms with Crippen LogP contribution in [0.5, 0.6) is 5.88 Å². The lowest BCUT2D eigenvalue weighted by atomic mass is 10.2. The van der Waals surface area contributed by atoms with Gasteiger partial charge in [0.15, 0.2) is 0 Å². The molecule has 0 spiro atoms. The zero-order valence-corrected chi connectivity index (χ0v) is 11.9. The molecular weight excluding hydrogens is 268 g/mol. The summed E-state index contributed by atoms with van der Waals surface area (Å²) in [7, 11) is 1.64. The topological polar surface area (TPSA) is 62.7 Å². The quantitative estimate of drug-likeness (QED) is 0.878. The fourth-order valence-electron chi connectivity index (χ4n) is 1.82. The van der Waals surface area contributed by atoms with Gasteiger partial charge in [-0.15, -0.1) is 0 Å². The van der Waals surface area contributed by atoms with Gasteiger partial charge in [0.25, 0.3) is 5.91 Å². The standard InChI is InChI=1S/C16H18N2O3/c1-18(9-10-19)16(20)14-7-8-17-15(11-14)21-12-13-5-3-2-4-6-13/h2-8,11,19H,9-10,12H2,1H3. The normalized spacial score (nSPS) is 10.2. The van der Waals surface area contributed by atoms with Crippen molar-refractivity contribution in [3.8, 4) is 5.88 Å². The van der Waals surface area contributed by atoms with Gasteiger partial charge in [-0.05, 0) is 11.6 Å². The molecule has 0 bridgehead atoms. The largest absolute Gasteiger partial charge is 0.473 e. The highest BCUT2D eigenvalue weighted by molar-refractivity contribution is 5.94. The number of carbonyl (C=O) groups excluding carboxylic acids is 1. The molecule has 5 nitrogen and oxygen atoms in total.